The molecule has 20 heavy (non-hydrogen) atoms. The number of hydrogen-bond donors (Lipinski definition) is 0. The largest absolute Gasteiger partial charge is 0.210 e. The summed E-state index contributed by atoms with van der Waals surface area (Å²) in [5.74, 6) is 1.61. The maximum atomic E-state index is 6.29. The fourth-order valence-corrected chi connectivity index (χ4v) is 5.39. The van der Waals surface area contributed by atoms with Crippen molar-refractivity contribution in [3.05, 3.63) is 29.3 Å². The zero-order chi connectivity index (χ0) is 13.8. The van der Waals surface area contributed by atoms with E-state index in [1.54, 1.807) is 11.1 Å². The first-order valence-corrected chi connectivity index (χ1v) is 10.4. The van der Waals surface area contributed by atoms with E-state index in [0.717, 1.165) is 11.8 Å². The van der Waals surface area contributed by atoms with Crippen LogP contribution in [0.15, 0.2) is 18.2 Å². The van der Waals surface area contributed by atoms with E-state index >= 15 is 0 Å². The van der Waals surface area contributed by atoms with Crippen LogP contribution in [-0.2, 0) is 0 Å². The van der Waals surface area contributed by atoms with Gasteiger partial charge >= 0.3 is 0 Å². The van der Waals surface area contributed by atoms with Gasteiger partial charge < -0.3 is 0 Å². The molecule has 0 N–H and O–H groups in total. The van der Waals surface area contributed by atoms with E-state index in [9.17, 15) is 0 Å². The third kappa shape index (κ3) is 3.14. The van der Waals surface area contributed by atoms with Gasteiger partial charge in [-0.05, 0) is 53.8 Å². The summed E-state index contributed by atoms with van der Waals surface area (Å²) < 4.78 is 0. The first-order chi connectivity index (χ1) is 9.90. The quantitative estimate of drug-likeness (QED) is 0.527. The monoisotopic (exact) mass is 304 g/mol. The number of halogens is 1. The Hall–Kier alpha value is -0.273. The van der Waals surface area contributed by atoms with E-state index in [1.807, 2.05) is 0 Å². The lowest BCUT2D eigenvalue weighted by molar-refractivity contribution is 0.420. The minimum absolute atomic E-state index is 0.436. The van der Waals surface area contributed by atoms with Gasteiger partial charge in [-0.1, -0.05) is 56.7 Å². The van der Waals surface area contributed by atoms with E-state index < -0.39 is 0 Å². The van der Waals surface area contributed by atoms with Crippen molar-refractivity contribution in [2.75, 3.05) is 0 Å². The molecule has 2 aliphatic carbocycles. The second-order valence-corrected chi connectivity index (χ2v) is 7.87. The molecule has 0 bridgehead atoms. The molecule has 2 radical (unpaired) electrons. The Labute approximate surface area is 130 Å². The van der Waals surface area contributed by atoms with Gasteiger partial charge in [-0.2, -0.15) is 11.1 Å². The topological polar surface area (TPSA) is 0 Å². The summed E-state index contributed by atoms with van der Waals surface area (Å²) in [6.07, 6.45) is 14.1. The first-order valence-electron chi connectivity index (χ1n) is 8.39. The van der Waals surface area contributed by atoms with Crippen LogP contribution in [-0.4, -0.2) is 8.83 Å². The lowest BCUT2D eigenvalue weighted by atomic mass is 9.76. The lowest BCUT2D eigenvalue weighted by Gasteiger charge is -2.31. The summed E-state index contributed by atoms with van der Waals surface area (Å²) >= 11 is 6.29. The summed E-state index contributed by atoms with van der Waals surface area (Å²) in [5, 5.41) is 1.45. The van der Waals surface area contributed by atoms with Crippen molar-refractivity contribution in [2.24, 2.45) is 0 Å². The normalized spacial score (nSPS) is 22.1. The van der Waals surface area contributed by atoms with Crippen LogP contribution in [0, 0.1) is 0 Å². The van der Waals surface area contributed by atoms with Crippen molar-refractivity contribution in [3.8, 4) is 0 Å². The van der Waals surface area contributed by atoms with Crippen LogP contribution in [0.25, 0.3) is 0 Å². The fraction of sp³-hybridized carbons (Fsp3) is 0.667. The van der Waals surface area contributed by atoms with Crippen molar-refractivity contribution < 1.29 is 0 Å². The maximum absolute atomic E-state index is 6.29. The Kier molecular flexibility index (Phi) is 5.23. The molecule has 0 atom stereocenters. The van der Waals surface area contributed by atoms with E-state index in [1.165, 1.54) is 69.4 Å². The predicted molar refractivity (Wildman–Crippen MR) is 89.3 cm³/mol. The molecule has 0 aromatic heterocycles. The van der Waals surface area contributed by atoms with Gasteiger partial charge in [0.05, 0.1) is 0 Å². The zero-order valence-electron chi connectivity index (χ0n) is 12.3. The molecule has 0 amide bonds. The first kappa shape index (κ1) is 14.7. The van der Waals surface area contributed by atoms with Crippen molar-refractivity contribution >= 4 is 25.1 Å². The Bertz CT molecular complexity index is 431. The summed E-state index contributed by atoms with van der Waals surface area (Å²) in [6.45, 7) is 0. The Morgan fingerprint density at radius 1 is 0.800 bits per heavy atom. The van der Waals surface area contributed by atoms with Gasteiger partial charge in [0.1, 0.15) is 0 Å². The van der Waals surface area contributed by atoms with Crippen LogP contribution in [0.2, 0.25) is 0 Å². The van der Waals surface area contributed by atoms with Crippen molar-refractivity contribution in [1.29, 1.82) is 0 Å². The highest BCUT2D eigenvalue weighted by Crippen LogP contribution is 2.40. The maximum Gasteiger partial charge on any atom is 0.210 e. The van der Waals surface area contributed by atoms with Crippen molar-refractivity contribution in [2.45, 2.75) is 76.0 Å². The average molecular weight is 305 g/mol. The molecule has 0 spiro atoms. The molecule has 0 unspecified atom stereocenters. The third-order valence-corrected chi connectivity index (χ3v) is 6.55. The third-order valence-electron chi connectivity index (χ3n) is 5.30. The molecule has 108 valence electrons. The summed E-state index contributed by atoms with van der Waals surface area (Å²) in [7, 11) is 0.436. The van der Waals surface area contributed by atoms with Gasteiger partial charge in [-0.25, -0.2) is 0 Å². The minimum atomic E-state index is 0.436. The van der Waals surface area contributed by atoms with Crippen LogP contribution in [0.3, 0.4) is 0 Å². The Balaban J connectivity index is 1.94. The molecule has 0 aliphatic heterocycles. The Morgan fingerprint density at radius 3 is 2.00 bits per heavy atom. The van der Waals surface area contributed by atoms with Crippen LogP contribution in [0.5, 0.6) is 0 Å². The van der Waals surface area contributed by atoms with Gasteiger partial charge in [0.15, 0.2) is 0 Å². The van der Waals surface area contributed by atoms with E-state index in [4.69, 9.17) is 11.1 Å². The summed E-state index contributed by atoms with van der Waals surface area (Å²) in [4.78, 5) is 0. The second-order valence-electron chi connectivity index (χ2n) is 6.57. The fourth-order valence-electron chi connectivity index (χ4n) is 4.28. The van der Waals surface area contributed by atoms with Gasteiger partial charge in [0, 0.05) is 0 Å². The van der Waals surface area contributed by atoms with Gasteiger partial charge in [-0.3, -0.25) is 0 Å². The van der Waals surface area contributed by atoms with Crippen molar-refractivity contribution in [1.82, 2.24) is 0 Å². The molecule has 1 aromatic rings. The van der Waals surface area contributed by atoms with Crippen LogP contribution in [0.1, 0.15) is 87.2 Å². The Morgan fingerprint density at radius 2 is 1.40 bits per heavy atom. The average Bonchev–Trinajstić information content (AvgIpc) is 2.55. The number of hydrogen-bond acceptors (Lipinski definition) is 0. The molecule has 2 aliphatic rings. The molecule has 2 saturated carbocycles. The molecule has 2 fully saturated rings. The van der Waals surface area contributed by atoms with E-state index in [2.05, 4.69) is 18.2 Å². The SMILES string of the molecule is Cl[Si]c1cccc(C2CCCCC2)c1C1CCCCC1. The highest BCUT2D eigenvalue weighted by atomic mass is 35.6. The molecular formula is C18H25ClSi. The summed E-state index contributed by atoms with van der Waals surface area (Å²) in [5.41, 5.74) is 3.34. The zero-order valence-corrected chi connectivity index (χ0v) is 14.1. The van der Waals surface area contributed by atoms with Crippen LogP contribution >= 0.6 is 11.1 Å². The molecule has 2 heteroatoms. The molecule has 1 aromatic carbocycles. The molecule has 0 saturated heterocycles. The minimum Gasteiger partial charge on any atom is -0.165 e. The summed E-state index contributed by atoms with van der Waals surface area (Å²) in [6, 6.07) is 6.95. The molecule has 0 nitrogen and oxygen atoms in total. The highest BCUT2D eigenvalue weighted by Gasteiger charge is 2.25. The van der Waals surface area contributed by atoms with E-state index in [-0.39, 0.29) is 0 Å². The predicted octanol–water partition coefficient (Wildman–Crippen LogP) is 5.27. The molecule has 0 heterocycles. The smallest absolute Gasteiger partial charge is 0.165 e. The van der Waals surface area contributed by atoms with Gasteiger partial charge in [0.25, 0.3) is 0 Å². The second kappa shape index (κ2) is 7.13. The van der Waals surface area contributed by atoms with E-state index in [0.29, 0.717) is 8.83 Å². The number of rotatable bonds is 3. The molecular weight excluding hydrogens is 280 g/mol. The standard InChI is InChI=1S/C18H25ClSi/c19-20-17-13-7-12-16(14-8-3-1-4-9-14)18(17)15-10-5-2-6-11-15/h7,12-15H,1-6,8-11H2. The lowest BCUT2D eigenvalue weighted by Crippen LogP contribution is -2.24. The highest BCUT2D eigenvalue weighted by molar-refractivity contribution is 7.01. The van der Waals surface area contributed by atoms with Crippen molar-refractivity contribution in [3.63, 3.8) is 0 Å². The van der Waals surface area contributed by atoms with Crippen LogP contribution < -0.4 is 5.19 Å². The van der Waals surface area contributed by atoms with Gasteiger partial charge in [0.2, 0.25) is 8.83 Å². The number of benzene rings is 1. The van der Waals surface area contributed by atoms with Crippen LogP contribution in [0.4, 0.5) is 0 Å². The molecule has 3 rings (SSSR count). The van der Waals surface area contributed by atoms with Gasteiger partial charge in [-0.15, -0.1) is 0 Å².